The molecule has 0 amide bonds. The Balaban J connectivity index is 1.84. The van der Waals surface area contributed by atoms with Crippen molar-refractivity contribution in [2.75, 3.05) is 0 Å². The minimum atomic E-state index is 0.917. The first kappa shape index (κ1) is 11.3. The van der Waals surface area contributed by atoms with Crippen molar-refractivity contribution in [3.05, 3.63) is 54.6 Å². The molecule has 5 heteroatoms. The van der Waals surface area contributed by atoms with Crippen LogP contribution in [-0.4, -0.2) is 18.9 Å². The predicted molar refractivity (Wildman–Crippen MR) is 80.4 cm³/mol. The Morgan fingerprint density at radius 2 is 1.80 bits per heavy atom. The first-order chi connectivity index (χ1) is 9.92. The van der Waals surface area contributed by atoms with Crippen LogP contribution >= 0.6 is 11.7 Å². The van der Waals surface area contributed by atoms with Gasteiger partial charge in [-0.05, 0) is 12.1 Å². The summed E-state index contributed by atoms with van der Waals surface area (Å²) in [4.78, 5) is 0. The van der Waals surface area contributed by atoms with Crippen molar-refractivity contribution in [3.8, 4) is 22.5 Å². The van der Waals surface area contributed by atoms with Crippen LogP contribution in [0.5, 0.6) is 0 Å². The van der Waals surface area contributed by atoms with Gasteiger partial charge in [0.15, 0.2) is 0 Å². The van der Waals surface area contributed by atoms with E-state index in [1.807, 2.05) is 54.6 Å². The number of hydrogen-bond acceptors (Lipinski definition) is 4. The van der Waals surface area contributed by atoms with E-state index >= 15 is 0 Å². The summed E-state index contributed by atoms with van der Waals surface area (Å²) in [5.74, 6) is 0. The standard InChI is InChI=1S/C15H10N4S/c1-2-5-10(6-3-1)13-9-14(17-16-13)11-7-4-8-12-15(11)19-20-18-12/h1-9H,(H,16,17). The molecule has 0 aliphatic carbocycles. The Labute approximate surface area is 119 Å². The average Bonchev–Trinajstić information content (AvgIpc) is 3.17. The van der Waals surface area contributed by atoms with Gasteiger partial charge in [-0.1, -0.05) is 42.5 Å². The number of H-pyrrole nitrogens is 1. The molecule has 2 aromatic carbocycles. The van der Waals surface area contributed by atoms with E-state index in [1.165, 1.54) is 11.7 Å². The van der Waals surface area contributed by atoms with E-state index in [9.17, 15) is 0 Å². The molecule has 2 heterocycles. The Hall–Kier alpha value is -2.53. The zero-order chi connectivity index (χ0) is 13.4. The van der Waals surface area contributed by atoms with E-state index in [0.29, 0.717) is 0 Å². The molecule has 20 heavy (non-hydrogen) atoms. The summed E-state index contributed by atoms with van der Waals surface area (Å²) < 4.78 is 8.63. The molecule has 0 aliphatic heterocycles. The molecular formula is C15H10N4S. The van der Waals surface area contributed by atoms with Crippen molar-refractivity contribution >= 4 is 22.8 Å². The third-order valence-corrected chi connectivity index (χ3v) is 3.77. The van der Waals surface area contributed by atoms with E-state index in [1.54, 1.807) is 0 Å². The first-order valence-electron chi connectivity index (χ1n) is 6.24. The number of hydrogen-bond donors (Lipinski definition) is 1. The fraction of sp³-hybridized carbons (Fsp3) is 0. The molecule has 0 atom stereocenters. The van der Waals surface area contributed by atoms with Crippen LogP contribution in [0.2, 0.25) is 0 Å². The summed E-state index contributed by atoms with van der Waals surface area (Å²) in [5, 5.41) is 7.47. The van der Waals surface area contributed by atoms with Crippen LogP contribution in [0.25, 0.3) is 33.5 Å². The molecule has 0 fully saturated rings. The lowest BCUT2D eigenvalue weighted by atomic mass is 10.1. The van der Waals surface area contributed by atoms with Crippen molar-refractivity contribution in [2.45, 2.75) is 0 Å². The number of fused-ring (bicyclic) bond motifs is 1. The highest BCUT2D eigenvalue weighted by Crippen LogP contribution is 2.28. The largest absolute Gasteiger partial charge is 0.277 e. The zero-order valence-electron chi connectivity index (χ0n) is 10.4. The van der Waals surface area contributed by atoms with Crippen LogP contribution in [0, 0.1) is 0 Å². The third kappa shape index (κ3) is 1.80. The molecule has 4 aromatic rings. The normalized spacial score (nSPS) is 11.0. The molecule has 0 unspecified atom stereocenters. The fourth-order valence-corrected chi connectivity index (χ4v) is 2.79. The molecule has 96 valence electrons. The molecule has 0 bridgehead atoms. The molecule has 0 spiro atoms. The van der Waals surface area contributed by atoms with Gasteiger partial charge in [-0.25, -0.2) is 0 Å². The number of nitrogens with zero attached hydrogens (tertiary/aromatic N) is 3. The quantitative estimate of drug-likeness (QED) is 0.607. The molecule has 1 N–H and O–H groups in total. The maximum atomic E-state index is 4.38. The van der Waals surface area contributed by atoms with E-state index < -0.39 is 0 Å². The van der Waals surface area contributed by atoms with E-state index in [0.717, 1.165) is 33.5 Å². The van der Waals surface area contributed by atoms with Crippen LogP contribution < -0.4 is 0 Å². The molecule has 0 aliphatic rings. The summed E-state index contributed by atoms with van der Waals surface area (Å²) in [7, 11) is 0. The van der Waals surface area contributed by atoms with Gasteiger partial charge in [-0.2, -0.15) is 13.8 Å². The minimum absolute atomic E-state index is 0.917. The number of aromatic amines is 1. The van der Waals surface area contributed by atoms with Crippen LogP contribution in [-0.2, 0) is 0 Å². The zero-order valence-corrected chi connectivity index (χ0v) is 11.3. The van der Waals surface area contributed by atoms with Gasteiger partial charge in [0.2, 0.25) is 0 Å². The summed E-state index contributed by atoms with van der Waals surface area (Å²) in [6.45, 7) is 0. The van der Waals surface area contributed by atoms with Crippen molar-refractivity contribution in [3.63, 3.8) is 0 Å². The van der Waals surface area contributed by atoms with Gasteiger partial charge < -0.3 is 0 Å². The van der Waals surface area contributed by atoms with Gasteiger partial charge in [0.05, 0.1) is 23.1 Å². The highest BCUT2D eigenvalue weighted by atomic mass is 32.1. The summed E-state index contributed by atoms with van der Waals surface area (Å²) in [5.41, 5.74) is 5.86. The van der Waals surface area contributed by atoms with E-state index in [-0.39, 0.29) is 0 Å². The van der Waals surface area contributed by atoms with Gasteiger partial charge in [0.25, 0.3) is 0 Å². The van der Waals surface area contributed by atoms with Crippen molar-refractivity contribution < 1.29 is 0 Å². The monoisotopic (exact) mass is 278 g/mol. The van der Waals surface area contributed by atoms with Crippen LogP contribution in [0.4, 0.5) is 0 Å². The summed E-state index contributed by atoms with van der Waals surface area (Å²) >= 11 is 1.23. The number of nitrogens with one attached hydrogen (secondary N) is 1. The Morgan fingerprint density at radius 1 is 0.900 bits per heavy atom. The smallest absolute Gasteiger partial charge is 0.114 e. The van der Waals surface area contributed by atoms with Crippen molar-refractivity contribution in [1.82, 2.24) is 18.9 Å². The second-order valence-corrected chi connectivity index (χ2v) is 5.00. The van der Waals surface area contributed by atoms with Crippen molar-refractivity contribution in [1.29, 1.82) is 0 Å². The SMILES string of the molecule is c1ccc(-c2cc(-c3cccc4nsnc34)[nH]n2)cc1. The molecule has 0 saturated heterocycles. The summed E-state index contributed by atoms with van der Waals surface area (Å²) in [6.07, 6.45) is 0. The molecule has 2 aromatic heterocycles. The molecule has 4 rings (SSSR count). The maximum absolute atomic E-state index is 4.38. The van der Waals surface area contributed by atoms with E-state index in [2.05, 4.69) is 18.9 Å². The number of benzene rings is 2. The lowest BCUT2D eigenvalue weighted by Gasteiger charge is -1.97. The van der Waals surface area contributed by atoms with Gasteiger partial charge in [-0.15, -0.1) is 0 Å². The maximum Gasteiger partial charge on any atom is 0.114 e. The molecular weight excluding hydrogens is 268 g/mol. The third-order valence-electron chi connectivity index (χ3n) is 3.22. The Bertz CT molecular complexity index is 864. The summed E-state index contributed by atoms with van der Waals surface area (Å²) in [6, 6.07) is 18.1. The molecule has 4 nitrogen and oxygen atoms in total. The number of aromatic nitrogens is 4. The van der Waals surface area contributed by atoms with Crippen LogP contribution in [0.15, 0.2) is 54.6 Å². The second kappa shape index (κ2) is 4.54. The minimum Gasteiger partial charge on any atom is -0.277 e. The number of rotatable bonds is 2. The van der Waals surface area contributed by atoms with Gasteiger partial charge in [-0.3, -0.25) is 5.10 Å². The lowest BCUT2D eigenvalue weighted by molar-refractivity contribution is 1.10. The van der Waals surface area contributed by atoms with Gasteiger partial charge >= 0.3 is 0 Å². The second-order valence-electron chi connectivity index (χ2n) is 4.47. The lowest BCUT2D eigenvalue weighted by Crippen LogP contribution is -1.80. The Kier molecular flexibility index (Phi) is 2.57. The topological polar surface area (TPSA) is 54.5 Å². The van der Waals surface area contributed by atoms with Gasteiger partial charge in [0, 0.05) is 11.1 Å². The van der Waals surface area contributed by atoms with Crippen LogP contribution in [0.3, 0.4) is 0 Å². The van der Waals surface area contributed by atoms with Gasteiger partial charge in [0.1, 0.15) is 11.0 Å². The molecule has 0 saturated carbocycles. The highest BCUT2D eigenvalue weighted by molar-refractivity contribution is 7.00. The Morgan fingerprint density at radius 3 is 2.70 bits per heavy atom. The average molecular weight is 278 g/mol. The molecule has 0 radical (unpaired) electrons. The van der Waals surface area contributed by atoms with Crippen molar-refractivity contribution in [2.24, 2.45) is 0 Å². The predicted octanol–water partition coefficient (Wildman–Crippen LogP) is 3.75. The first-order valence-corrected chi connectivity index (χ1v) is 6.97. The van der Waals surface area contributed by atoms with E-state index in [4.69, 9.17) is 0 Å². The highest BCUT2D eigenvalue weighted by Gasteiger charge is 2.10. The fourth-order valence-electron chi connectivity index (χ4n) is 2.24. The van der Waals surface area contributed by atoms with Crippen LogP contribution in [0.1, 0.15) is 0 Å².